The first-order valence-corrected chi connectivity index (χ1v) is 6.70. The average Bonchev–Trinajstić information content (AvgIpc) is 2.52. The molecule has 1 amide bonds. The fraction of sp³-hybridized carbons (Fsp3) is 0.250. The SMILES string of the molecule is CCCOc1ccc(CNC(=O)c2ccccn2)cc1. The van der Waals surface area contributed by atoms with Gasteiger partial charge in [-0.1, -0.05) is 25.1 Å². The molecule has 104 valence electrons. The highest BCUT2D eigenvalue weighted by Crippen LogP contribution is 2.12. The van der Waals surface area contributed by atoms with E-state index in [-0.39, 0.29) is 5.91 Å². The van der Waals surface area contributed by atoms with E-state index in [0.717, 1.165) is 24.3 Å². The van der Waals surface area contributed by atoms with Crippen LogP contribution in [0.1, 0.15) is 29.4 Å². The van der Waals surface area contributed by atoms with E-state index in [2.05, 4.69) is 17.2 Å². The van der Waals surface area contributed by atoms with Crippen LogP contribution in [0.25, 0.3) is 0 Å². The zero-order chi connectivity index (χ0) is 14.2. The van der Waals surface area contributed by atoms with E-state index >= 15 is 0 Å². The van der Waals surface area contributed by atoms with Gasteiger partial charge in [-0.2, -0.15) is 0 Å². The van der Waals surface area contributed by atoms with Gasteiger partial charge in [-0.3, -0.25) is 9.78 Å². The quantitative estimate of drug-likeness (QED) is 0.878. The molecule has 2 aromatic rings. The van der Waals surface area contributed by atoms with Crippen LogP contribution in [0.3, 0.4) is 0 Å². The van der Waals surface area contributed by atoms with Crippen LogP contribution in [0, 0.1) is 0 Å². The van der Waals surface area contributed by atoms with Gasteiger partial charge in [-0.15, -0.1) is 0 Å². The molecule has 4 nitrogen and oxygen atoms in total. The summed E-state index contributed by atoms with van der Waals surface area (Å²) in [5.41, 5.74) is 1.45. The summed E-state index contributed by atoms with van der Waals surface area (Å²) in [6.07, 6.45) is 2.59. The highest BCUT2D eigenvalue weighted by Gasteiger charge is 2.05. The van der Waals surface area contributed by atoms with Crippen LogP contribution in [0.15, 0.2) is 48.7 Å². The minimum atomic E-state index is -0.170. The maximum atomic E-state index is 11.8. The first-order valence-electron chi connectivity index (χ1n) is 6.70. The van der Waals surface area contributed by atoms with Crippen LogP contribution in [-0.4, -0.2) is 17.5 Å². The lowest BCUT2D eigenvalue weighted by atomic mass is 10.2. The summed E-state index contributed by atoms with van der Waals surface area (Å²) in [6.45, 7) is 3.26. The van der Waals surface area contributed by atoms with Crippen molar-refractivity contribution < 1.29 is 9.53 Å². The molecular weight excluding hydrogens is 252 g/mol. The van der Waals surface area contributed by atoms with Crippen molar-refractivity contribution in [1.82, 2.24) is 10.3 Å². The summed E-state index contributed by atoms with van der Waals surface area (Å²) in [6, 6.07) is 13.0. The van der Waals surface area contributed by atoms with Gasteiger partial charge < -0.3 is 10.1 Å². The van der Waals surface area contributed by atoms with Crippen LogP contribution in [0.5, 0.6) is 5.75 Å². The third-order valence-electron chi connectivity index (χ3n) is 2.75. The van der Waals surface area contributed by atoms with Gasteiger partial charge in [0.25, 0.3) is 5.91 Å². The van der Waals surface area contributed by atoms with Crippen molar-refractivity contribution in [3.63, 3.8) is 0 Å². The minimum Gasteiger partial charge on any atom is -0.494 e. The Hall–Kier alpha value is -2.36. The van der Waals surface area contributed by atoms with Gasteiger partial charge in [0.05, 0.1) is 6.61 Å². The zero-order valence-corrected chi connectivity index (χ0v) is 11.5. The first kappa shape index (κ1) is 14.1. The molecular formula is C16H18N2O2. The smallest absolute Gasteiger partial charge is 0.270 e. The summed E-state index contributed by atoms with van der Waals surface area (Å²) in [4.78, 5) is 15.8. The van der Waals surface area contributed by atoms with Gasteiger partial charge >= 0.3 is 0 Å². The third kappa shape index (κ3) is 4.09. The second kappa shape index (κ2) is 7.28. The van der Waals surface area contributed by atoms with Gasteiger partial charge in [0, 0.05) is 12.7 Å². The number of aromatic nitrogens is 1. The van der Waals surface area contributed by atoms with Crippen molar-refractivity contribution in [3.05, 3.63) is 59.9 Å². The van der Waals surface area contributed by atoms with E-state index in [1.165, 1.54) is 0 Å². The van der Waals surface area contributed by atoms with Crippen molar-refractivity contribution >= 4 is 5.91 Å². The number of amides is 1. The zero-order valence-electron chi connectivity index (χ0n) is 11.5. The van der Waals surface area contributed by atoms with Gasteiger partial charge in [-0.25, -0.2) is 0 Å². The van der Waals surface area contributed by atoms with Crippen LogP contribution >= 0.6 is 0 Å². The van der Waals surface area contributed by atoms with Gasteiger partial charge in [0.2, 0.25) is 0 Å². The molecule has 1 aromatic carbocycles. The topological polar surface area (TPSA) is 51.2 Å². The van der Waals surface area contributed by atoms with Gasteiger partial charge in [0.1, 0.15) is 11.4 Å². The molecule has 0 saturated heterocycles. The fourth-order valence-corrected chi connectivity index (χ4v) is 1.69. The molecule has 1 N–H and O–H groups in total. The van der Waals surface area contributed by atoms with Gasteiger partial charge in [0.15, 0.2) is 0 Å². The summed E-state index contributed by atoms with van der Waals surface area (Å²) in [7, 11) is 0. The monoisotopic (exact) mass is 270 g/mol. The Kier molecular flexibility index (Phi) is 5.12. The average molecular weight is 270 g/mol. The number of rotatable bonds is 6. The van der Waals surface area contributed by atoms with Crippen LogP contribution in [-0.2, 0) is 6.54 Å². The second-order valence-corrected chi connectivity index (χ2v) is 4.39. The number of carbonyl (C=O) groups excluding carboxylic acids is 1. The Morgan fingerprint density at radius 3 is 2.65 bits per heavy atom. The molecule has 1 heterocycles. The number of hydrogen-bond acceptors (Lipinski definition) is 3. The Morgan fingerprint density at radius 1 is 1.20 bits per heavy atom. The molecule has 0 saturated carbocycles. The molecule has 0 aliphatic heterocycles. The normalized spacial score (nSPS) is 10.1. The Bertz CT molecular complexity index is 538. The van der Waals surface area contributed by atoms with Crippen LogP contribution in [0.2, 0.25) is 0 Å². The maximum Gasteiger partial charge on any atom is 0.270 e. The number of nitrogens with one attached hydrogen (secondary N) is 1. The molecule has 0 bridgehead atoms. The Morgan fingerprint density at radius 2 is 2.00 bits per heavy atom. The van der Waals surface area contributed by atoms with Crippen molar-refractivity contribution in [3.8, 4) is 5.75 Å². The minimum absolute atomic E-state index is 0.170. The summed E-state index contributed by atoms with van der Waals surface area (Å²) < 4.78 is 5.51. The maximum absolute atomic E-state index is 11.8. The fourth-order valence-electron chi connectivity index (χ4n) is 1.69. The summed E-state index contributed by atoms with van der Waals surface area (Å²) in [5.74, 6) is 0.684. The summed E-state index contributed by atoms with van der Waals surface area (Å²) in [5, 5.41) is 2.84. The Balaban J connectivity index is 1.86. The first-order chi connectivity index (χ1) is 9.79. The van der Waals surface area contributed by atoms with Crippen molar-refractivity contribution in [1.29, 1.82) is 0 Å². The van der Waals surface area contributed by atoms with E-state index in [4.69, 9.17) is 4.74 Å². The lowest BCUT2D eigenvalue weighted by Gasteiger charge is -2.07. The number of nitrogens with zero attached hydrogens (tertiary/aromatic N) is 1. The van der Waals surface area contributed by atoms with Crippen molar-refractivity contribution in [2.45, 2.75) is 19.9 Å². The van der Waals surface area contributed by atoms with E-state index < -0.39 is 0 Å². The second-order valence-electron chi connectivity index (χ2n) is 4.39. The lowest BCUT2D eigenvalue weighted by Crippen LogP contribution is -2.23. The number of pyridine rings is 1. The van der Waals surface area contributed by atoms with Crippen LogP contribution in [0.4, 0.5) is 0 Å². The predicted octanol–water partition coefficient (Wildman–Crippen LogP) is 2.80. The molecule has 2 rings (SSSR count). The standard InChI is InChI=1S/C16H18N2O2/c1-2-11-20-14-8-6-13(7-9-14)12-18-16(19)15-5-3-4-10-17-15/h3-10H,2,11-12H2,1H3,(H,18,19). The highest BCUT2D eigenvalue weighted by atomic mass is 16.5. The molecule has 0 fully saturated rings. The van der Waals surface area contributed by atoms with E-state index in [9.17, 15) is 4.79 Å². The Labute approximate surface area is 118 Å². The molecule has 0 radical (unpaired) electrons. The number of hydrogen-bond donors (Lipinski definition) is 1. The molecule has 20 heavy (non-hydrogen) atoms. The number of ether oxygens (including phenoxy) is 1. The molecule has 0 spiro atoms. The molecule has 4 heteroatoms. The molecule has 0 aliphatic carbocycles. The number of carbonyl (C=O) groups is 1. The van der Waals surface area contributed by atoms with Gasteiger partial charge in [-0.05, 0) is 36.2 Å². The lowest BCUT2D eigenvalue weighted by molar-refractivity contribution is 0.0946. The molecule has 1 aromatic heterocycles. The molecule has 0 atom stereocenters. The van der Waals surface area contributed by atoms with E-state index in [1.807, 2.05) is 24.3 Å². The highest BCUT2D eigenvalue weighted by molar-refractivity contribution is 5.92. The van der Waals surface area contributed by atoms with Crippen molar-refractivity contribution in [2.24, 2.45) is 0 Å². The van der Waals surface area contributed by atoms with E-state index in [0.29, 0.717) is 12.2 Å². The largest absolute Gasteiger partial charge is 0.494 e. The number of benzene rings is 1. The molecule has 0 aliphatic rings. The van der Waals surface area contributed by atoms with Crippen LogP contribution < -0.4 is 10.1 Å². The summed E-state index contributed by atoms with van der Waals surface area (Å²) >= 11 is 0. The molecule has 0 unspecified atom stereocenters. The van der Waals surface area contributed by atoms with E-state index in [1.54, 1.807) is 24.4 Å². The predicted molar refractivity (Wildman–Crippen MR) is 77.6 cm³/mol. The van der Waals surface area contributed by atoms with Crippen molar-refractivity contribution in [2.75, 3.05) is 6.61 Å². The third-order valence-corrected chi connectivity index (χ3v) is 2.75.